The monoisotopic (exact) mass is 621 g/mol. The third-order valence-electron chi connectivity index (χ3n) is 7.27. The average Bonchev–Trinajstić information content (AvgIpc) is 3.53. The number of phenols is 1. The predicted octanol–water partition coefficient (Wildman–Crippen LogP) is 6.23. The molecule has 1 aromatic heterocycles. The van der Waals surface area contributed by atoms with Gasteiger partial charge in [0.15, 0.2) is 0 Å². The Hall–Kier alpha value is -4.13. The van der Waals surface area contributed by atoms with Gasteiger partial charge in [-0.1, -0.05) is 87.2 Å². The fourth-order valence-electron chi connectivity index (χ4n) is 4.85. The molecule has 0 aliphatic heterocycles. The first-order valence-corrected chi connectivity index (χ1v) is 15.6. The number of aromatic hydroxyl groups is 1. The molecule has 0 bridgehead atoms. The molecule has 11 nitrogen and oxygen atoms in total. The van der Waals surface area contributed by atoms with Crippen molar-refractivity contribution in [1.82, 2.24) is 14.8 Å². The van der Waals surface area contributed by atoms with E-state index in [0.29, 0.717) is 34.4 Å². The molecule has 234 valence electrons. The lowest BCUT2D eigenvalue weighted by Gasteiger charge is -2.21. The van der Waals surface area contributed by atoms with Crippen LogP contribution in [0.1, 0.15) is 62.7 Å². The molecule has 0 saturated carbocycles. The summed E-state index contributed by atoms with van der Waals surface area (Å²) in [5.74, 6) is 6.03. The van der Waals surface area contributed by atoms with Crippen LogP contribution in [-0.2, 0) is 14.4 Å². The van der Waals surface area contributed by atoms with Crippen LogP contribution >= 0.6 is 11.8 Å². The summed E-state index contributed by atoms with van der Waals surface area (Å²) in [5, 5.41) is 16.9. The van der Waals surface area contributed by atoms with Crippen molar-refractivity contribution in [3.63, 3.8) is 0 Å². The maximum Gasteiger partial charge on any atom is 0.350 e. The maximum atomic E-state index is 13.3. The summed E-state index contributed by atoms with van der Waals surface area (Å²) < 4.78 is 11.6. The van der Waals surface area contributed by atoms with Crippen molar-refractivity contribution in [1.29, 1.82) is 0 Å². The number of hydrogen-bond acceptors (Lipinski definition) is 10. The molecule has 3 aromatic carbocycles. The van der Waals surface area contributed by atoms with Gasteiger partial charge in [-0.05, 0) is 30.2 Å². The van der Waals surface area contributed by atoms with E-state index in [4.69, 9.17) is 20.2 Å². The molecule has 1 unspecified atom stereocenters. The molecule has 1 atom stereocenters. The van der Waals surface area contributed by atoms with Crippen LogP contribution in [-0.4, -0.2) is 58.4 Å². The molecular formula is C32H39N5O6S. The molecule has 0 saturated heterocycles. The number of benzene rings is 3. The fourth-order valence-corrected chi connectivity index (χ4v) is 5.45. The Bertz CT molecular complexity index is 1540. The van der Waals surface area contributed by atoms with Crippen molar-refractivity contribution in [2.24, 2.45) is 5.90 Å². The van der Waals surface area contributed by atoms with Gasteiger partial charge in [0.05, 0.1) is 25.2 Å². The summed E-state index contributed by atoms with van der Waals surface area (Å²) in [7, 11) is 3.19. The number of thioether (sulfide) groups is 1. The molecule has 12 heteroatoms. The minimum Gasteiger partial charge on any atom is -0.507 e. The van der Waals surface area contributed by atoms with E-state index >= 15 is 0 Å². The van der Waals surface area contributed by atoms with Gasteiger partial charge in [-0.25, -0.2) is 15.7 Å². The lowest BCUT2D eigenvalue weighted by molar-refractivity contribution is -0.140. The van der Waals surface area contributed by atoms with Crippen molar-refractivity contribution in [2.45, 2.75) is 56.7 Å². The summed E-state index contributed by atoms with van der Waals surface area (Å²) in [5.41, 5.74) is 1.75. The van der Waals surface area contributed by atoms with Crippen LogP contribution in [0.5, 0.6) is 11.5 Å². The topological polar surface area (TPSA) is 142 Å². The third kappa shape index (κ3) is 8.07. The van der Waals surface area contributed by atoms with E-state index in [1.165, 1.54) is 30.5 Å². The molecule has 0 aliphatic rings. The van der Waals surface area contributed by atoms with E-state index in [1.54, 1.807) is 56.6 Å². The third-order valence-corrected chi connectivity index (χ3v) is 8.10. The number of aromatic nitrogens is 3. The highest BCUT2D eigenvalue weighted by molar-refractivity contribution is 7.99. The number of amides is 1. The van der Waals surface area contributed by atoms with Crippen molar-refractivity contribution in [2.75, 3.05) is 31.4 Å². The van der Waals surface area contributed by atoms with Crippen LogP contribution in [0.25, 0.3) is 10.8 Å². The second-order valence-electron chi connectivity index (χ2n) is 10.3. The number of methoxy groups -OCH3 is 1. The van der Waals surface area contributed by atoms with E-state index in [0.717, 1.165) is 41.3 Å². The summed E-state index contributed by atoms with van der Waals surface area (Å²) in [4.78, 5) is 36.3. The van der Waals surface area contributed by atoms with E-state index in [2.05, 4.69) is 17.0 Å². The number of rotatable bonds is 15. The quantitative estimate of drug-likeness (QED) is 0.0679. The Labute approximate surface area is 261 Å². The van der Waals surface area contributed by atoms with Gasteiger partial charge in [-0.2, -0.15) is 4.68 Å². The average molecular weight is 622 g/mol. The van der Waals surface area contributed by atoms with Crippen molar-refractivity contribution in [3.05, 3.63) is 72.1 Å². The van der Waals surface area contributed by atoms with Crippen LogP contribution in [0.2, 0.25) is 0 Å². The lowest BCUT2D eigenvalue weighted by Crippen LogP contribution is -2.31. The number of nitrogens with zero attached hydrogens (tertiary/aromatic N) is 4. The molecule has 4 rings (SSSR count). The second-order valence-corrected chi connectivity index (χ2v) is 11.2. The predicted molar refractivity (Wildman–Crippen MR) is 170 cm³/mol. The van der Waals surface area contributed by atoms with Gasteiger partial charge in [-0.3, -0.25) is 14.5 Å². The van der Waals surface area contributed by atoms with Crippen molar-refractivity contribution in [3.8, 4) is 11.5 Å². The lowest BCUT2D eigenvalue weighted by atomic mass is 9.96. The van der Waals surface area contributed by atoms with Gasteiger partial charge in [0.1, 0.15) is 23.9 Å². The van der Waals surface area contributed by atoms with E-state index < -0.39 is 12.1 Å². The van der Waals surface area contributed by atoms with Gasteiger partial charge in [0.2, 0.25) is 5.16 Å². The van der Waals surface area contributed by atoms with Gasteiger partial charge in [0, 0.05) is 23.4 Å². The number of carbonyl (C=O) groups excluding carboxylic acids is 2. The number of unbranched alkanes of at least 4 members (excludes halogenated alkanes) is 5. The Morgan fingerprint density at radius 1 is 1.02 bits per heavy atom. The Morgan fingerprint density at radius 3 is 2.50 bits per heavy atom. The van der Waals surface area contributed by atoms with Crippen LogP contribution in [0.15, 0.2) is 66.1 Å². The number of nitrogens with two attached hydrogens (primary N) is 1. The van der Waals surface area contributed by atoms with Gasteiger partial charge in [0.25, 0.3) is 0 Å². The molecule has 4 aromatic rings. The second kappa shape index (κ2) is 16.1. The van der Waals surface area contributed by atoms with Crippen LogP contribution in [0.3, 0.4) is 0 Å². The summed E-state index contributed by atoms with van der Waals surface area (Å²) in [6.45, 7) is 2.58. The zero-order valence-electron chi connectivity index (χ0n) is 25.3. The van der Waals surface area contributed by atoms with E-state index in [-0.39, 0.29) is 22.6 Å². The zero-order chi connectivity index (χ0) is 31.5. The van der Waals surface area contributed by atoms with Crippen LogP contribution in [0.4, 0.5) is 10.5 Å². The van der Waals surface area contributed by atoms with Gasteiger partial charge < -0.3 is 14.6 Å². The number of esters is 1. The van der Waals surface area contributed by atoms with E-state index in [9.17, 15) is 14.7 Å². The van der Waals surface area contributed by atoms with Crippen LogP contribution < -0.4 is 15.5 Å². The SMILES string of the molecule is CCCCCCCCOC(=O)CSc1ncn(C(=O)N(C)c2cccc3c(O)c(C(ON)c4ccc(OC)cc4)ccc23)n1. The molecule has 1 heterocycles. The number of hydrogen-bond donors (Lipinski definition) is 2. The Balaban J connectivity index is 1.41. The normalized spacial score (nSPS) is 11.8. The highest BCUT2D eigenvalue weighted by Crippen LogP contribution is 2.40. The molecular weight excluding hydrogens is 582 g/mol. The smallest absolute Gasteiger partial charge is 0.350 e. The first-order valence-electron chi connectivity index (χ1n) is 14.6. The maximum absolute atomic E-state index is 13.3. The molecule has 0 fully saturated rings. The molecule has 0 aliphatic carbocycles. The fraction of sp³-hybridized carbons (Fsp3) is 0.375. The number of anilines is 1. The number of ether oxygens (including phenoxy) is 2. The minimum atomic E-state index is -0.729. The van der Waals surface area contributed by atoms with Gasteiger partial charge >= 0.3 is 12.0 Å². The largest absolute Gasteiger partial charge is 0.507 e. The molecule has 1 amide bonds. The number of fused-ring (bicyclic) bond motifs is 1. The first kappa shape index (κ1) is 32.8. The van der Waals surface area contributed by atoms with Crippen LogP contribution in [0, 0.1) is 0 Å². The van der Waals surface area contributed by atoms with Gasteiger partial charge in [-0.15, -0.1) is 5.10 Å². The minimum absolute atomic E-state index is 0.0145. The zero-order valence-corrected chi connectivity index (χ0v) is 26.1. The highest BCUT2D eigenvalue weighted by atomic mass is 32.2. The molecule has 0 spiro atoms. The Kier molecular flexibility index (Phi) is 12.0. The number of carbonyl (C=O) groups is 2. The van der Waals surface area contributed by atoms with Crippen molar-refractivity contribution < 1.29 is 29.0 Å². The summed E-state index contributed by atoms with van der Waals surface area (Å²) >= 11 is 1.11. The van der Waals surface area contributed by atoms with E-state index in [1.807, 2.05) is 12.1 Å². The molecule has 44 heavy (non-hydrogen) atoms. The molecule has 3 N–H and O–H groups in total. The summed E-state index contributed by atoms with van der Waals surface area (Å²) in [6, 6.07) is 15.5. The Morgan fingerprint density at radius 2 is 1.77 bits per heavy atom. The highest BCUT2D eigenvalue weighted by Gasteiger charge is 2.23. The first-order chi connectivity index (χ1) is 21.4. The number of phenolic OH excluding ortho intramolecular Hbond substituents is 1. The van der Waals surface area contributed by atoms with Crippen molar-refractivity contribution >= 4 is 40.2 Å². The standard InChI is InChI=1S/C32H39N5O6S/c1-4-5-6-7-8-9-19-42-28(38)20-44-31-34-21-37(35-31)32(40)36(2)27-12-10-11-25-24(27)17-18-26(29(25)39)30(43-33)22-13-15-23(41-3)16-14-22/h10-18,21,30,39H,4-9,19-20,33H2,1-3H3. The summed E-state index contributed by atoms with van der Waals surface area (Å²) in [6.07, 6.45) is 7.27. The molecule has 0 radical (unpaired) electrons.